The fourth-order valence-electron chi connectivity index (χ4n) is 1.62. The number of rotatable bonds is 2. The van der Waals surface area contributed by atoms with Crippen LogP contribution in [-0.2, 0) is 0 Å². The van der Waals surface area contributed by atoms with Crippen LogP contribution in [0.3, 0.4) is 0 Å². The van der Waals surface area contributed by atoms with Gasteiger partial charge in [0, 0.05) is 4.47 Å². The average Bonchev–Trinajstić information content (AvgIpc) is 2.39. The number of benzene rings is 2. The minimum absolute atomic E-state index is 0.840. The molecule has 0 spiro atoms. The second-order valence-corrected chi connectivity index (χ2v) is 4.71. The summed E-state index contributed by atoms with van der Waals surface area (Å²) in [6.45, 7) is 1.90. The quantitative estimate of drug-likeness (QED) is 0.510. The van der Waals surface area contributed by atoms with E-state index in [9.17, 15) is 0 Å². The van der Waals surface area contributed by atoms with Crippen LogP contribution in [-0.4, -0.2) is 5.71 Å². The Morgan fingerprint density at radius 3 is 1.88 bits per heavy atom. The maximum absolute atomic E-state index is 5.25. The van der Waals surface area contributed by atoms with Gasteiger partial charge in [0.2, 0.25) is 0 Å². The lowest BCUT2D eigenvalue weighted by molar-refractivity contribution is 1.24. The second kappa shape index (κ2) is 5.15. The van der Waals surface area contributed by atoms with Gasteiger partial charge in [-0.25, -0.2) is 0 Å². The lowest BCUT2D eigenvalue weighted by Crippen LogP contribution is -1.98. The van der Waals surface area contributed by atoms with Gasteiger partial charge in [-0.15, -0.1) is 0 Å². The van der Waals surface area contributed by atoms with Gasteiger partial charge in [0.25, 0.3) is 0 Å². The molecule has 2 aromatic carbocycles. The first kappa shape index (κ1) is 11.9. The smallest absolute Gasteiger partial charge is 0.0641 e. The highest BCUT2D eigenvalue weighted by Crippen LogP contribution is 2.22. The highest BCUT2D eigenvalue weighted by atomic mass is 79.9. The zero-order chi connectivity index (χ0) is 12.3. The predicted octanol–water partition coefficient (Wildman–Crippen LogP) is 3.80. The van der Waals surface area contributed by atoms with Crippen molar-refractivity contribution >= 4 is 21.6 Å². The number of hydrogen-bond acceptors (Lipinski definition) is 2. The Balaban J connectivity index is 2.32. The molecule has 0 unspecified atom stereocenters. The standard InChI is InChI=1S/C14H13BrN2/c1-10(17-16)11-2-4-12(5-3-11)13-6-8-14(15)9-7-13/h2-9H,16H2,1H3/b17-10-. The summed E-state index contributed by atoms with van der Waals surface area (Å²) >= 11 is 3.43. The third-order valence-corrected chi connectivity index (χ3v) is 3.20. The normalized spacial score (nSPS) is 11.5. The van der Waals surface area contributed by atoms with E-state index in [0.717, 1.165) is 15.7 Å². The Labute approximate surface area is 109 Å². The molecule has 0 aliphatic heterocycles. The van der Waals surface area contributed by atoms with Crippen molar-refractivity contribution in [3.8, 4) is 11.1 Å². The van der Waals surface area contributed by atoms with Crippen LogP contribution in [0, 0.1) is 0 Å². The zero-order valence-corrected chi connectivity index (χ0v) is 11.1. The molecule has 0 atom stereocenters. The highest BCUT2D eigenvalue weighted by Gasteiger charge is 2.00. The summed E-state index contributed by atoms with van der Waals surface area (Å²) in [5.74, 6) is 5.25. The molecule has 0 fully saturated rings. The van der Waals surface area contributed by atoms with Crippen LogP contribution >= 0.6 is 15.9 Å². The van der Waals surface area contributed by atoms with Gasteiger partial charge in [0.1, 0.15) is 0 Å². The lowest BCUT2D eigenvalue weighted by Gasteiger charge is -2.04. The molecular formula is C14H13BrN2. The number of nitrogens with two attached hydrogens (primary N) is 1. The van der Waals surface area contributed by atoms with Crippen molar-refractivity contribution in [2.45, 2.75) is 6.92 Å². The van der Waals surface area contributed by atoms with Crippen LogP contribution in [0.1, 0.15) is 12.5 Å². The summed E-state index contributed by atoms with van der Waals surface area (Å²) in [5, 5.41) is 3.68. The zero-order valence-electron chi connectivity index (χ0n) is 9.52. The van der Waals surface area contributed by atoms with E-state index < -0.39 is 0 Å². The van der Waals surface area contributed by atoms with Gasteiger partial charge in [-0.05, 0) is 35.7 Å². The van der Waals surface area contributed by atoms with Gasteiger partial charge < -0.3 is 5.84 Å². The fourth-order valence-corrected chi connectivity index (χ4v) is 1.89. The summed E-state index contributed by atoms with van der Waals surface area (Å²) in [6.07, 6.45) is 0. The van der Waals surface area contributed by atoms with Gasteiger partial charge in [-0.3, -0.25) is 0 Å². The molecule has 0 aromatic heterocycles. The van der Waals surface area contributed by atoms with Gasteiger partial charge >= 0.3 is 0 Å². The molecule has 2 N–H and O–H groups in total. The molecule has 0 radical (unpaired) electrons. The molecule has 0 bridgehead atoms. The van der Waals surface area contributed by atoms with Crippen LogP contribution in [0.15, 0.2) is 58.1 Å². The SMILES string of the molecule is C/C(=N/N)c1ccc(-c2ccc(Br)cc2)cc1. The van der Waals surface area contributed by atoms with Crippen LogP contribution in [0.4, 0.5) is 0 Å². The molecule has 0 amide bonds. The largest absolute Gasteiger partial charge is 0.323 e. The van der Waals surface area contributed by atoms with E-state index in [-0.39, 0.29) is 0 Å². The van der Waals surface area contributed by atoms with Gasteiger partial charge in [-0.1, -0.05) is 52.3 Å². The molecule has 0 saturated carbocycles. The van der Waals surface area contributed by atoms with Crippen LogP contribution < -0.4 is 5.84 Å². The molecule has 0 aliphatic carbocycles. The fraction of sp³-hybridized carbons (Fsp3) is 0.0714. The average molecular weight is 289 g/mol. The van der Waals surface area contributed by atoms with E-state index in [0.29, 0.717) is 0 Å². The van der Waals surface area contributed by atoms with E-state index in [2.05, 4.69) is 45.3 Å². The molecule has 2 aromatic rings. The van der Waals surface area contributed by atoms with Crippen LogP contribution in [0.25, 0.3) is 11.1 Å². The molecule has 2 rings (SSSR count). The first-order valence-corrected chi connectivity index (χ1v) is 6.11. The number of nitrogens with zero attached hydrogens (tertiary/aromatic N) is 1. The van der Waals surface area contributed by atoms with Crippen molar-refractivity contribution in [2.75, 3.05) is 0 Å². The van der Waals surface area contributed by atoms with Crippen LogP contribution in [0.2, 0.25) is 0 Å². The maximum atomic E-state index is 5.25. The minimum Gasteiger partial charge on any atom is -0.323 e. The monoisotopic (exact) mass is 288 g/mol. The third kappa shape index (κ3) is 2.74. The summed E-state index contributed by atoms with van der Waals surface area (Å²) in [5.41, 5.74) is 4.27. The van der Waals surface area contributed by atoms with Crippen molar-refractivity contribution < 1.29 is 0 Å². The topological polar surface area (TPSA) is 38.4 Å². The van der Waals surface area contributed by atoms with E-state index in [4.69, 9.17) is 5.84 Å². The van der Waals surface area contributed by atoms with Crippen molar-refractivity contribution in [1.82, 2.24) is 0 Å². The summed E-state index contributed by atoms with van der Waals surface area (Å²) in [6, 6.07) is 16.5. The van der Waals surface area contributed by atoms with Gasteiger partial charge in [0.05, 0.1) is 5.71 Å². The van der Waals surface area contributed by atoms with Crippen LogP contribution in [0.5, 0.6) is 0 Å². The van der Waals surface area contributed by atoms with E-state index in [1.54, 1.807) is 0 Å². The Kier molecular flexibility index (Phi) is 3.59. The number of hydrogen-bond donors (Lipinski definition) is 1. The lowest BCUT2D eigenvalue weighted by atomic mass is 10.0. The summed E-state index contributed by atoms with van der Waals surface area (Å²) < 4.78 is 1.09. The molecule has 0 aliphatic rings. The maximum Gasteiger partial charge on any atom is 0.0641 e. The molecule has 0 saturated heterocycles. The van der Waals surface area contributed by atoms with Crippen molar-refractivity contribution in [3.05, 3.63) is 58.6 Å². The van der Waals surface area contributed by atoms with E-state index in [1.807, 2.05) is 31.2 Å². The molecule has 2 nitrogen and oxygen atoms in total. The molecular weight excluding hydrogens is 276 g/mol. The van der Waals surface area contributed by atoms with Crippen molar-refractivity contribution in [3.63, 3.8) is 0 Å². The van der Waals surface area contributed by atoms with Gasteiger partial charge in [0.15, 0.2) is 0 Å². The molecule has 17 heavy (non-hydrogen) atoms. The predicted molar refractivity (Wildman–Crippen MR) is 76.0 cm³/mol. The number of halogens is 1. The minimum atomic E-state index is 0.840. The Morgan fingerprint density at radius 1 is 0.941 bits per heavy atom. The van der Waals surface area contributed by atoms with Gasteiger partial charge in [-0.2, -0.15) is 5.10 Å². The first-order valence-electron chi connectivity index (χ1n) is 5.31. The first-order chi connectivity index (χ1) is 8.20. The summed E-state index contributed by atoms with van der Waals surface area (Å²) in [4.78, 5) is 0. The highest BCUT2D eigenvalue weighted by molar-refractivity contribution is 9.10. The van der Waals surface area contributed by atoms with Crippen molar-refractivity contribution in [2.24, 2.45) is 10.9 Å². The Hall–Kier alpha value is -1.61. The Bertz CT molecular complexity index is 527. The van der Waals surface area contributed by atoms with E-state index >= 15 is 0 Å². The molecule has 3 heteroatoms. The number of hydrazone groups is 1. The van der Waals surface area contributed by atoms with E-state index in [1.165, 1.54) is 11.1 Å². The second-order valence-electron chi connectivity index (χ2n) is 3.80. The third-order valence-electron chi connectivity index (χ3n) is 2.67. The van der Waals surface area contributed by atoms with Crippen molar-refractivity contribution in [1.29, 1.82) is 0 Å². The Morgan fingerprint density at radius 2 is 1.41 bits per heavy atom. The summed E-state index contributed by atoms with van der Waals surface area (Å²) in [7, 11) is 0. The molecule has 86 valence electrons. The molecule has 0 heterocycles.